The molecule has 68 valence electrons. The van der Waals surface area contributed by atoms with Crippen LogP contribution in [0.2, 0.25) is 0 Å². The molecule has 0 aliphatic heterocycles. The molecule has 6 heteroatoms. The van der Waals surface area contributed by atoms with Crippen molar-refractivity contribution in [2.75, 3.05) is 0 Å². The minimum atomic E-state index is -3.79. The van der Waals surface area contributed by atoms with Gasteiger partial charge in [-0.1, -0.05) is 0 Å². The lowest BCUT2D eigenvalue weighted by Gasteiger charge is -1.84. The molecular formula is C7H4ClNO3S. The molecule has 0 aliphatic rings. The molecule has 2 aromatic rings. The van der Waals surface area contributed by atoms with E-state index in [1.807, 2.05) is 0 Å². The van der Waals surface area contributed by atoms with Crippen LogP contribution in [0.1, 0.15) is 0 Å². The van der Waals surface area contributed by atoms with Crippen molar-refractivity contribution in [3.05, 3.63) is 24.5 Å². The lowest BCUT2D eigenvalue weighted by Crippen LogP contribution is -1.84. The van der Waals surface area contributed by atoms with Crippen molar-refractivity contribution in [1.29, 1.82) is 0 Å². The zero-order valence-corrected chi connectivity index (χ0v) is 7.84. The Hall–Kier alpha value is -1.07. The Morgan fingerprint density at radius 1 is 1.46 bits per heavy atom. The molecular weight excluding hydrogens is 214 g/mol. The van der Waals surface area contributed by atoms with Gasteiger partial charge in [0.25, 0.3) is 9.05 Å². The Morgan fingerprint density at radius 3 is 2.85 bits per heavy atom. The van der Waals surface area contributed by atoms with Gasteiger partial charge < -0.3 is 4.42 Å². The van der Waals surface area contributed by atoms with Crippen LogP contribution in [-0.4, -0.2) is 13.4 Å². The van der Waals surface area contributed by atoms with Gasteiger partial charge in [-0.2, -0.15) is 0 Å². The van der Waals surface area contributed by atoms with Gasteiger partial charge in [-0.25, -0.2) is 8.42 Å². The molecule has 0 amide bonds. The summed E-state index contributed by atoms with van der Waals surface area (Å²) < 4.78 is 26.7. The van der Waals surface area contributed by atoms with E-state index in [0.29, 0.717) is 11.0 Å². The molecule has 0 spiro atoms. The summed E-state index contributed by atoms with van der Waals surface area (Å²) in [6, 6.07) is 3.00. The molecule has 2 aromatic heterocycles. The molecule has 0 unspecified atom stereocenters. The quantitative estimate of drug-likeness (QED) is 0.683. The maximum Gasteiger partial charge on any atom is 0.294 e. The highest BCUT2D eigenvalue weighted by Gasteiger charge is 2.15. The predicted molar refractivity (Wildman–Crippen MR) is 47.0 cm³/mol. The Labute approximate surface area is 78.6 Å². The first-order valence-electron chi connectivity index (χ1n) is 3.35. The molecule has 0 radical (unpaired) electrons. The van der Waals surface area contributed by atoms with Crippen LogP contribution in [0.3, 0.4) is 0 Å². The van der Waals surface area contributed by atoms with E-state index in [1.165, 1.54) is 12.3 Å². The maximum absolute atomic E-state index is 10.9. The molecule has 0 saturated heterocycles. The molecule has 13 heavy (non-hydrogen) atoms. The molecule has 0 aromatic carbocycles. The van der Waals surface area contributed by atoms with Crippen LogP contribution in [0.4, 0.5) is 0 Å². The van der Waals surface area contributed by atoms with Crippen LogP contribution in [0, 0.1) is 0 Å². The number of pyridine rings is 1. The molecule has 0 N–H and O–H groups in total. The van der Waals surface area contributed by atoms with Gasteiger partial charge in [-0.15, -0.1) is 0 Å². The summed E-state index contributed by atoms with van der Waals surface area (Å²) in [5.41, 5.74) is 0.404. The second kappa shape index (κ2) is 2.71. The molecule has 2 rings (SSSR count). The van der Waals surface area contributed by atoms with Gasteiger partial charge in [-0.3, -0.25) is 4.98 Å². The lowest BCUT2D eigenvalue weighted by atomic mass is 10.3. The summed E-state index contributed by atoms with van der Waals surface area (Å²) >= 11 is 0. The molecule has 0 aliphatic carbocycles. The monoisotopic (exact) mass is 217 g/mol. The third-order valence-electron chi connectivity index (χ3n) is 1.54. The number of hydrogen-bond donors (Lipinski definition) is 0. The first kappa shape index (κ1) is 8.52. The van der Waals surface area contributed by atoms with Gasteiger partial charge in [0.2, 0.25) is 5.09 Å². The van der Waals surface area contributed by atoms with Crippen molar-refractivity contribution in [2.45, 2.75) is 5.09 Å². The van der Waals surface area contributed by atoms with Gasteiger partial charge in [0.1, 0.15) is 0 Å². The molecule has 0 atom stereocenters. The van der Waals surface area contributed by atoms with Crippen LogP contribution < -0.4 is 0 Å². The van der Waals surface area contributed by atoms with Crippen molar-refractivity contribution in [3.63, 3.8) is 0 Å². The number of fused-ring (bicyclic) bond motifs is 1. The van der Waals surface area contributed by atoms with E-state index in [4.69, 9.17) is 15.1 Å². The third kappa shape index (κ3) is 1.52. The minimum Gasteiger partial charge on any atom is -0.442 e. The van der Waals surface area contributed by atoms with Crippen molar-refractivity contribution in [3.8, 4) is 0 Å². The van der Waals surface area contributed by atoms with Gasteiger partial charge >= 0.3 is 0 Å². The standard InChI is InChI=1S/C7H4ClNO3S/c8-13(10,11)7-3-5-1-2-9-4-6(5)12-7/h1-4H. The fraction of sp³-hybridized carbons (Fsp3) is 0. The number of furan rings is 1. The molecule has 2 heterocycles. The van der Waals surface area contributed by atoms with Crippen molar-refractivity contribution in [1.82, 2.24) is 4.98 Å². The second-order valence-electron chi connectivity index (χ2n) is 2.42. The Bertz CT molecular complexity index is 513. The highest BCUT2D eigenvalue weighted by Crippen LogP contribution is 2.23. The van der Waals surface area contributed by atoms with E-state index in [2.05, 4.69) is 4.98 Å². The fourth-order valence-electron chi connectivity index (χ4n) is 0.980. The average Bonchev–Trinajstić information content (AvgIpc) is 2.45. The SMILES string of the molecule is O=S(=O)(Cl)c1cc2ccncc2o1. The first-order valence-corrected chi connectivity index (χ1v) is 5.66. The van der Waals surface area contributed by atoms with E-state index in [0.717, 1.165) is 0 Å². The summed E-state index contributed by atoms with van der Waals surface area (Å²) in [6.07, 6.45) is 2.98. The lowest BCUT2D eigenvalue weighted by molar-refractivity contribution is 0.487. The number of hydrogen-bond acceptors (Lipinski definition) is 4. The summed E-state index contributed by atoms with van der Waals surface area (Å²) in [7, 11) is 1.30. The smallest absolute Gasteiger partial charge is 0.294 e. The zero-order chi connectivity index (χ0) is 9.47. The summed E-state index contributed by atoms with van der Waals surface area (Å²) in [6.45, 7) is 0. The predicted octanol–water partition coefficient (Wildman–Crippen LogP) is 1.76. The zero-order valence-electron chi connectivity index (χ0n) is 6.27. The third-order valence-corrected chi connectivity index (χ3v) is 2.68. The number of aromatic nitrogens is 1. The van der Waals surface area contributed by atoms with E-state index >= 15 is 0 Å². The van der Waals surface area contributed by atoms with Crippen molar-refractivity contribution < 1.29 is 12.8 Å². The minimum absolute atomic E-state index is 0.253. The Morgan fingerprint density at radius 2 is 2.23 bits per heavy atom. The Kier molecular flexibility index (Phi) is 1.78. The number of nitrogens with zero attached hydrogens (tertiary/aromatic N) is 1. The molecule has 4 nitrogen and oxygen atoms in total. The van der Waals surface area contributed by atoms with E-state index in [-0.39, 0.29) is 5.09 Å². The van der Waals surface area contributed by atoms with Crippen LogP contribution in [0.15, 0.2) is 34.0 Å². The van der Waals surface area contributed by atoms with Crippen molar-refractivity contribution >= 4 is 30.7 Å². The normalized spacial score (nSPS) is 12.1. The van der Waals surface area contributed by atoms with Gasteiger partial charge in [0.05, 0.1) is 6.20 Å². The van der Waals surface area contributed by atoms with E-state index < -0.39 is 9.05 Å². The van der Waals surface area contributed by atoms with Gasteiger partial charge in [-0.05, 0) is 6.07 Å². The summed E-state index contributed by atoms with van der Waals surface area (Å²) in [5, 5.41) is 0.409. The average molecular weight is 218 g/mol. The van der Waals surface area contributed by atoms with Crippen LogP contribution in [0.25, 0.3) is 11.0 Å². The molecule has 0 fully saturated rings. The van der Waals surface area contributed by atoms with E-state index in [1.54, 1.807) is 12.3 Å². The molecule has 0 saturated carbocycles. The number of rotatable bonds is 1. The summed E-state index contributed by atoms with van der Waals surface area (Å²) in [5.74, 6) is 0. The maximum atomic E-state index is 10.9. The van der Waals surface area contributed by atoms with E-state index in [9.17, 15) is 8.42 Å². The highest BCUT2D eigenvalue weighted by atomic mass is 35.7. The van der Waals surface area contributed by atoms with Crippen molar-refractivity contribution in [2.24, 2.45) is 0 Å². The topological polar surface area (TPSA) is 60.2 Å². The van der Waals surface area contributed by atoms with Crippen LogP contribution >= 0.6 is 10.7 Å². The fourth-order valence-corrected chi connectivity index (χ4v) is 1.67. The molecule has 0 bridgehead atoms. The van der Waals surface area contributed by atoms with Gasteiger partial charge in [0.15, 0.2) is 5.58 Å². The summed E-state index contributed by atoms with van der Waals surface area (Å²) in [4.78, 5) is 3.78. The van der Waals surface area contributed by atoms with Crippen LogP contribution in [0.5, 0.6) is 0 Å². The number of halogens is 1. The van der Waals surface area contributed by atoms with Crippen LogP contribution in [-0.2, 0) is 9.05 Å². The van der Waals surface area contributed by atoms with Gasteiger partial charge in [0, 0.05) is 28.3 Å². The second-order valence-corrected chi connectivity index (χ2v) is 4.91. The largest absolute Gasteiger partial charge is 0.442 e. The Balaban J connectivity index is 2.77. The first-order chi connectivity index (χ1) is 6.07. The highest BCUT2D eigenvalue weighted by molar-refractivity contribution is 8.13.